The van der Waals surface area contributed by atoms with Gasteiger partial charge in [0.25, 0.3) is 5.91 Å². The maximum absolute atomic E-state index is 12.8. The molecule has 0 N–H and O–H groups in total. The third kappa shape index (κ3) is 4.93. The van der Waals surface area contributed by atoms with Crippen LogP contribution in [0, 0.1) is 0 Å². The van der Waals surface area contributed by atoms with Gasteiger partial charge >= 0.3 is 0 Å². The third-order valence-corrected chi connectivity index (χ3v) is 5.13. The molecule has 0 spiro atoms. The third-order valence-electron chi connectivity index (χ3n) is 4.90. The molecule has 0 saturated carbocycles. The first-order valence-electron chi connectivity index (χ1n) is 9.09. The van der Waals surface area contributed by atoms with Crippen molar-refractivity contribution in [3.8, 4) is 11.5 Å². The highest BCUT2D eigenvalue weighted by Gasteiger charge is 2.22. The molecule has 1 fully saturated rings. The molecule has 0 unspecified atom stereocenters. The summed E-state index contributed by atoms with van der Waals surface area (Å²) in [5.41, 5.74) is 1.87. The molecule has 1 saturated heterocycles. The van der Waals surface area contributed by atoms with Crippen LogP contribution in [0.15, 0.2) is 42.5 Å². The maximum atomic E-state index is 12.8. The zero-order valence-corrected chi connectivity index (χ0v) is 16.5. The zero-order valence-electron chi connectivity index (χ0n) is 15.8. The minimum absolute atomic E-state index is 0.0328. The van der Waals surface area contributed by atoms with E-state index in [2.05, 4.69) is 11.0 Å². The van der Waals surface area contributed by atoms with E-state index in [0.717, 1.165) is 44.2 Å². The Balaban J connectivity index is 1.53. The van der Waals surface area contributed by atoms with Crippen LogP contribution in [0.5, 0.6) is 11.5 Å². The van der Waals surface area contributed by atoms with Crippen molar-refractivity contribution in [1.29, 1.82) is 0 Å². The van der Waals surface area contributed by atoms with Gasteiger partial charge in [0.05, 0.1) is 14.2 Å². The monoisotopic (exact) mass is 388 g/mol. The van der Waals surface area contributed by atoms with Gasteiger partial charge in [-0.15, -0.1) is 0 Å². The van der Waals surface area contributed by atoms with Crippen LogP contribution in [0.2, 0.25) is 5.02 Å². The largest absolute Gasteiger partial charge is 0.493 e. The standard InChI is InChI=1S/C21H25ClN2O3/c1-26-19-7-6-17(15-20(19)27-2)21(25)24-12-10-23(11-13-24)9-8-16-4-3-5-18(22)14-16/h3-7,14-15H,8-13H2,1-2H3. The Bertz CT molecular complexity index is 789. The Kier molecular flexibility index (Phi) is 6.58. The summed E-state index contributed by atoms with van der Waals surface area (Å²) in [4.78, 5) is 17.1. The van der Waals surface area contributed by atoms with Gasteiger partial charge in [-0.3, -0.25) is 9.69 Å². The quantitative estimate of drug-likeness (QED) is 0.761. The van der Waals surface area contributed by atoms with Crippen molar-refractivity contribution in [3.63, 3.8) is 0 Å². The van der Waals surface area contributed by atoms with Gasteiger partial charge in [0.2, 0.25) is 0 Å². The summed E-state index contributed by atoms with van der Waals surface area (Å²) in [5.74, 6) is 1.23. The van der Waals surface area contributed by atoms with Crippen molar-refractivity contribution in [2.24, 2.45) is 0 Å². The molecule has 0 aromatic heterocycles. The molecular formula is C21H25ClN2O3. The summed E-state index contributed by atoms with van der Waals surface area (Å²) in [6, 6.07) is 13.3. The number of amides is 1. The SMILES string of the molecule is COc1ccc(C(=O)N2CCN(CCc3cccc(Cl)c3)CC2)cc1OC. The average molecular weight is 389 g/mol. The lowest BCUT2D eigenvalue weighted by Gasteiger charge is -2.34. The summed E-state index contributed by atoms with van der Waals surface area (Å²) in [6.45, 7) is 4.17. The van der Waals surface area contributed by atoms with E-state index in [1.54, 1.807) is 32.4 Å². The fourth-order valence-corrected chi connectivity index (χ4v) is 3.52. The lowest BCUT2D eigenvalue weighted by atomic mass is 10.1. The fourth-order valence-electron chi connectivity index (χ4n) is 3.31. The zero-order chi connectivity index (χ0) is 19.2. The smallest absolute Gasteiger partial charge is 0.254 e. The number of methoxy groups -OCH3 is 2. The van der Waals surface area contributed by atoms with E-state index in [9.17, 15) is 4.79 Å². The van der Waals surface area contributed by atoms with Gasteiger partial charge in [0.1, 0.15) is 0 Å². The first kappa shape index (κ1) is 19.5. The number of hydrogen-bond donors (Lipinski definition) is 0. The number of piperazine rings is 1. The van der Waals surface area contributed by atoms with Crippen LogP contribution in [0.4, 0.5) is 0 Å². The predicted octanol–water partition coefficient (Wildman–Crippen LogP) is 3.36. The van der Waals surface area contributed by atoms with Crippen molar-refractivity contribution in [2.75, 3.05) is 46.9 Å². The number of carbonyl (C=O) groups is 1. The summed E-state index contributed by atoms with van der Waals surface area (Å²) < 4.78 is 10.5. The summed E-state index contributed by atoms with van der Waals surface area (Å²) >= 11 is 6.04. The minimum atomic E-state index is 0.0328. The number of hydrogen-bond acceptors (Lipinski definition) is 4. The normalized spacial score (nSPS) is 14.9. The number of rotatable bonds is 6. The maximum Gasteiger partial charge on any atom is 0.254 e. The Hall–Kier alpha value is -2.24. The van der Waals surface area contributed by atoms with E-state index in [4.69, 9.17) is 21.1 Å². The Morgan fingerprint density at radius 1 is 1.00 bits per heavy atom. The van der Waals surface area contributed by atoms with Crippen LogP contribution in [0.25, 0.3) is 0 Å². The molecule has 0 radical (unpaired) electrons. The Morgan fingerprint density at radius 2 is 1.74 bits per heavy atom. The molecule has 0 bridgehead atoms. The second kappa shape index (κ2) is 9.11. The van der Waals surface area contributed by atoms with E-state index in [1.165, 1.54) is 5.56 Å². The summed E-state index contributed by atoms with van der Waals surface area (Å²) in [5, 5.41) is 0.776. The lowest BCUT2D eigenvalue weighted by molar-refractivity contribution is 0.0638. The highest BCUT2D eigenvalue weighted by atomic mass is 35.5. The molecule has 2 aromatic rings. The fraction of sp³-hybridized carbons (Fsp3) is 0.381. The topological polar surface area (TPSA) is 42.0 Å². The molecule has 6 heteroatoms. The van der Waals surface area contributed by atoms with E-state index < -0.39 is 0 Å². The van der Waals surface area contributed by atoms with Gasteiger partial charge in [0.15, 0.2) is 11.5 Å². The summed E-state index contributed by atoms with van der Waals surface area (Å²) in [7, 11) is 3.16. The Morgan fingerprint density at radius 3 is 2.41 bits per heavy atom. The van der Waals surface area contributed by atoms with Gasteiger partial charge in [-0.1, -0.05) is 23.7 Å². The van der Waals surface area contributed by atoms with Crippen molar-refractivity contribution in [1.82, 2.24) is 9.80 Å². The Labute approximate surface area is 165 Å². The van der Waals surface area contributed by atoms with Crippen LogP contribution in [-0.4, -0.2) is 62.7 Å². The van der Waals surface area contributed by atoms with Gasteiger partial charge < -0.3 is 14.4 Å². The molecule has 144 valence electrons. The molecule has 1 aliphatic heterocycles. The number of carbonyl (C=O) groups excluding carboxylic acids is 1. The van der Waals surface area contributed by atoms with Gasteiger partial charge in [-0.25, -0.2) is 0 Å². The van der Waals surface area contributed by atoms with E-state index in [-0.39, 0.29) is 5.91 Å². The van der Waals surface area contributed by atoms with Crippen molar-refractivity contribution in [3.05, 3.63) is 58.6 Å². The highest BCUT2D eigenvalue weighted by Crippen LogP contribution is 2.28. The second-order valence-electron chi connectivity index (χ2n) is 6.58. The molecule has 27 heavy (non-hydrogen) atoms. The number of halogens is 1. The van der Waals surface area contributed by atoms with Gasteiger partial charge in [0, 0.05) is 43.3 Å². The molecule has 1 aliphatic rings. The lowest BCUT2D eigenvalue weighted by Crippen LogP contribution is -2.49. The number of ether oxygens (including phenoxy) is 2. The summed E-state index contributed by atoms with van der Waals surface area (Å²) in [6.07, 6.45) is 0.962. The molecule has 2 aromatic carbocycles. The number of benzene rings is 2. The molecule has 0 aliphatic carbocycles. The molecular weight excluding hydrogens is 364 g/mol. The van der Waals surface area contributed by atoms with E-state index in [0.29, 0.717) is 17.1 Å². The average Bonchev–Trinajstić information content (AvgIpc) is 2.71. The molecule has 5 nitrogen and oxygen atoms in total. The molecule has 1 heterocycles. The first-order valence-corrected chi connectivity index (χ1v) is 9.46. The van der Waals surface area contributed by atoms with E-state index >= 15 is 0 Å². The highest BCUT2D eigenvalue weighted by molar-refractivity contribution is 6.30. The van der Waals surface area contributed by atoms with Crippen LogP contribution in [0.3, 0.4) is 0 Å². The molecule has 1 amide bonds. The van der Waals surface area contributed by atoms with Crippen LogP contribution in [-0.2, 0) is 6.42 Å². The predicted molar refractivity (Wildman–Crippen MR) is 107 cm³/mol. The van der Waals surface area contributed by atoms with Crippen LogP contribution in [0.1, 0.15) is 15.9 Å². The van der Waals surface area contributed by atoms with Gasteiger partial charge in [-0.05, 0) is 42.3 Å². The van der Waals surface area contributed by atoms with Crippen molar-refractivity contribution < 1.29 is 14.3 Å². The van der Waals surface area contributed by atoms with Crippen LogP contribution < -0.4 is 9.47 Å². The van der Waals surface area contributed by atoms with E-state index in [1.807, 2.05) is 23.1 Å². The number of nitrogens with zero attached hydrogens (tertiary/aromatic N) is 2. The van der Waals surface area contributed by atoms with Crippen LogP contribution >= 0.6 is 11.6 Å². The minimum Gasteiger partial charge on any atom is -0.493 e. The molecule has 3 rings (SSSR count). The second-order valence-corrected chi connectivity index (χ2v) is 7.02. The van der Waals surface area contributed by atoms with Gasteiger partial charge in [-0.2, -0.15) is 0 Å². The first-order chi connectivity index (χ1) is 13.1. The van der Waals surface area contributed by atoms with Crippen molar-refractivity contribution >= 4 is 17.5 Å². The van der Waals surface area contributed by atoms with Crippen molar-refractivity contribution in [2.45, 2.75) is 6.42 Å². The molecule has 0 atom stereocenters.